The van der Waals surface area contributed by atoms with Crippen LogP contribution < -0.4 is 10.6 Å². The predicted octanol–water partition coefficient (Wildman–Crippen LogP) is 3.17. The highest BCUT2D eigenvalue weighted by molar-refractivity contribution is 5.91. The van der Waals surface area contributed by atoms with Gasteiger partial charge < -0.3 is 25.4 Å². The molecule has 1 fully saturated rings. The maximum absolute atomic E-state index is 13.4. The molecule has 0 saturated heterocycles. The van der Waals surface area contributed by atoms with Crippen LogP contribution >= 0.6 is 0 Å². The highest BCUT2D eigenvalue weighted by Crippen LogP contribution is 2.26. The van der Waals surface area contributed by atoms with Gasteiger partial charge in [-0.15, -0.1) is 0 Å². The molecule has 35 heavy (non-hydrogen) atoms. The van der Waals surface area contributed by atoms with E-state index >= 15 is 0 Å². The molecule has 9 heteroatoms. The molecule has 0 aliphatic heterocycles. The van der Waals surface area contributed by atoms with Gasteiger partial charge >= 0.3 is 0 Å². The Kier molecular flexibility index (Phi) is 10.0. The number of anilines is 1. The van der Waals surface area contributed by atoms with Crippen LogP contribution in [0.3, 0.4) is 0 Å². The number of amides is 3. The summed E-state index contributed by atoms with van der Waals surface area (Å²) in [7, 11) is 1.54. The molecule has 188 valence electrons. The van der Waals surface area contributed by atoms with Crippen LogP contribution in [0.4, 0.5) is 5.82 Å². The highest BCUT2D eigenvalue weighted by Gasteiger charge is 2.32. The number of hydrogen-bond acceptors (Lipinski definition) is 6. The first-order valence-electron chi connectivity index (χ1n) is 12.1. The first kappa shape index (κ1) is 26.2. The van der Waals surface area contributed by atoms with Crippen molar-refractivity contribution in [1.82, 2.24) is 15.2 Å². The smallest absolute Gasteiger partial charge is 0.247 e. The quantitative estimate of drug-likeness (QED) is 0.427. The molecule has 9 nitrogen and oxygen atoms in total. The Bertz CT molecular complexity index is 961. The van der Waals surface area contributed by atoms with Gasteiger partial charge in [0.05, 0.1) is 6.61 Å². The number of nitrogens with one attached hydrogen (secondary N) is 2. The van der Waals surface area contributed by atoms with Crippen LogP contribution in [0.25, 0.3) is 0 Å². The number of nitrogens with zero attached hydrogens (tertiary/aromatic N) is 2. The van der Waals surface area contributed by atoms with E-state index in [1.165, 1.54) is 17.0 Å². The van der Waals surface area contributed by atoms with E-state index in [4.69, 9.17) is 4.74 Å². The molecule has 1 aromatic carbocycles. The number of hydrogen-bond donors (Lipinski definition) is 3. The summed E-state index contributed by atoms with van der Waals surface area (Å²) < 4.78 is 5.21. The zero-order chi connectivity index (χ0) is 25.0. The first-order chi connectivity index (χ1) is 17.0. The monoisotopic (exact) mass is 482 g/mol. The van der Waals surface area contributed by atoms with Crippen molar-refractivity contribution in [3.05, 3.63) is 54.2 Å². The highest BCUT2D eigenvalue weighted by atomic mass is 16.5. The van der Waals surface area contributed by atoms with Crippen LogP contribution in [0.15, 0.2) is 48.7 Å². The Hall–Kier alpha value is -3.46. The van der Waals surface area contributed by atoms with Gasteiger partial charge in [-0.3, -0.25) is 14.4 Å². The predicted molar refractivity (Wildman–Crippen MR) is 132 cm³/mol. The minimum absolute atomic E-state index is 0.0809. The minimum Gasteiger partial charge on any atom is -0.508 e. The number of rotatable bonds is 12. The van der Waals surface area contributed by atoms with E-state index in [-0.39, 0.29) is 55.5 Å². The van der Waals surface area contributed by atoms with Gasteiger partial charge in [0.1, 0.15) is 17.6 Å². The molecule has 3 rings (SSSR count). The summed E-state index contributed by atoms with van der Waals surface area (Å²) in [4.78, 5) is 44.5. The fourth-order valence-electron chi connectivity index (χ4n) is 4.25. The minimum atomic E-state index is -0.860. The topological polar surface area (TPSA) is 121 Å². The standard InChI is InChI=1S/C26H34N4O5/c1-35-18-17-30(24(33)11-6-10-23(32)29-22-9-4-5-16-27-22)25(19-12-14-21(31)15-13-19)26(34)28-20-7-2-3-8-20/h4-5,9,12-16,20,25,31H,2-3,6-8,10-11,17-18H2,1H3,(H,28,34)(H,27,29,32)/t25-/m0/s1. The Morgan fingerprint density at radius 3 is 2.51 bits per heavy atom. The van der Waals surface area contributed by atoms with Crippen LogP contribution in [-0.2, 0) is 19.1 Å². The molecule has 0 spiro atoms. The molecule has 1 aliphatic rings. The molecule has 3 amide bonds. The number of methoxy groups -OCH3 is 1. The summed E-state index contributed by atoms with van der Waals surface area (Å²) in [5.41, 5.74) is 0.607. The molecule has 1 heterocycles. The lowest BCUT2D eigenvalue weighted by Crippen LogP contribution is -2.47. The normalized spacial score (nSPS) is 14.3. The number of benzene rings is 1. The number of phenolic OH excluding ortho intramolecular Hbond substituents is 1. The summed E-state index contributed by atoms with van der Waals surface area (Å²) in [6, 6.07) is 10.8. The van der Waals surface area contributed by atoms with Crippen LogP contribution in [0, 0.1) is 0 Å². The van der Waals surface area contributed by atoms with Crippen molar-refractivity contribution < 1.29 is 24.2 Å². The summed E-state index contributed by atoms with van der Waals surface area (Å²) in [6.07, 6.45) is 6.16. The average molecular weight is 483 g/mol. The molecule has 3 N–H and O–H groups in total. The van der Waals surface area contributed by atoms with Crippen molar-refractivity contribution >= 4 is 23.5 Å². The van der Waals surface area contributed by atoms with E-state index in [2.05, 4.69) is 15.6 Å². The van der Waals surface area contributed by atoms with Crippen molar-refractivity contribution in [2.75, 3.05) is 25.6 Å². The molecule has 1 atom stereocenters. The van der Waals surface area contributed by atoms with Gasteiger partial charge in [0.2, 0.25) is 17.7 Å². The molecule has 0 unspecified atom stereocenters. The van der Waals surface area contributed by atoms with Gasteiger partial charge in [0.15, 0.2) is 0 Å². The summed E-state index contributed by atoms with van der Waals surface area (Å²) >= 11 is 0. The third-order valence-electron chi connectivity index (χ3n) is 6.05. The van der Waals surface area contributed by atoms with E-state index in [1.54, 1.807) is 43.6 Å². The second kappa shape index (κ2) is 13.4. The largest absolute Gasteiger partial charge is 0.508 e. The zero-order valence-corrected chi connectivity index (χ0v) is 20.1. The van der Waals surface area contributed by atoms with Crippen molar-refractivity contribution in [2.24, 2.45) is 0 Å². The SMILES string of the molecule is COCCN(C(=O)CCCC(=O)Nc1ccccn1)[C@H](C(=O)NC1CCCC1)c1ccc(O)cc1. The van der Waals surface area contributed by atoms with Crippen LogP contribution in [-0.4, -0.2) is 59.0 Å². The van der Waals surface area contributed by atoms with Gasteiger partial charge in [-0.1, -0.05) is 31.0 Å². The number of phenols is 1. The van der Waals surface area contributed by atoms with E-state index in [0.29, 0.717) is 17.8 Å². The summed E-state index contributed by atoms with van der Waals surface area (Å²) in [6.45, 7) is 0.482. The first-order valence-corrected chi connectivity index (χ1v) is 12.1. The number of carbonyl (C=O) groups is 3. The van der Waals surface area contributed by atoms with Crippen LogP contribution in [0.1, 0.15) is 56.6 Å². The Labute approximate surface area is 205 Å². The second-order valence-corrected chi connectivity index (χ2v) is 8.68. The molecule has 2 aromatic rings. The number of ether oxygens (including phenoxy) is 1. The maximum Gasteiger partial charge on any atom is 0.247 e. The Morgan fingerprint density at radius 2 is 1.86 bits per heavy atom. The van der Waals surface area contributed by atoms with Crippen molar-refractivity contribution in [2.45, 2.75) is 57.0 Å². The summed E-state index contributed by atoms with van der Waals surface area (Å²) in [5, 5.41) is 15.5. The van der Waals surface area contributed by atoms with E-state index in [1.807, 2.05) is 0 Å². The van der Waals surface area contributed by atoms with Crippen molar-refractivity contribution in [1.29, 1.82) is 0 Å². The van der Waals surface area contributed by atoms with Gasteiger partial charge in [-0.05, 0) is 49.1 Å². The lowest BCUT2D eigenvalue weighted by atomic mass is 10.0. The molecule has 1 saturated carbocycles. The van der Waals surface area contributed by atoms with Gasteiger partial charge in [-0.2, -0.15) is 0 Å². The van der Waals surface area contributed by atoms with Crippen molar-refractivity contribution in [3.63, 3.8) is 0 Å². The molecular weight excluding hydrogens is 448 g/mol. The number of carbonyl (C=O) groups excluding carboxylic acids is 3. The van der Waals surface area contributed by atoms with Gasteiger partial charge in [0.25, 0.3) is 0 Å². The molecule has 0 radical (unpaired) electrons. The van der Waals surface area contributed by atoms with E-state index in [0.717, 1.165) is 25.7 Å². The van der Waals surface area contributed by atoms with Crippen molar-refractivity contribution in [3.8, 4) is 5.75 Å². The zero-order valence-electron chi connectivity index (χ0n) is 20.1. The lowest BCUT2D eigenvalue weighted by molar-refractivity contribution is -0.142. The fourth-order valence-corrected chi connectivity index (χ4v) is 4.25. The molecule has 0 bridgehead atoms. The average Bonchev–Trinajstić information content (AvgIpc) is 3.36. The number of aromatic nitrogens is 1. The fraction of sp³-hybridized carbons (Fsp3) is 0.462. The third kappa shape index (κ3) is 8.06. The Balaban J connectivity index is 1.69. The lowest BCUT2D eigenvalue weighted by Gasteiger charge is -2.32. The molecular formula is C26H34N4O5. The third-order valence-corrected chi connectivity index (χ3v) is 6.05. The Morgan fingerprint density at radius 1 is 1.11 bits per heavy atom. The van der Waals surface area contributed by atoms with E-state index < -0.39 is 6.04 Å². The number of aromatic hydroxyl groups is 1. The van der Waals surface area contributed by atoms with Crippen LogP contribution in [0.2, 0.25) is 0 Å². The molecule has 1 aliphatic carbocycles. The van der Waals surface area contributed by atoms with Gasteiger partial charge in [-0.25, -0.2) is 4.98 Å². The summed E-state index contributed by atoms with van der Waals surface area (Å²) in [5.74, 6) is -0.180. The molecule has 1 aromatic heterocycles. The second-order valence-electron chi connectivity index (χ2n) is 8.68. The van der Waals surface area contributed by atoms with E-state index in [9.17, 15) is 19.5 Å². The number of pyridine rings is 1. The van der Waals surface area contributed by atoms with Gasteiger partial charge in [0, 0.05) is 38.7 Å². The maximum atomic E-state index is 13.4. The van der Waals surface area contributed by atoms with Crippen LogP contribution in [0.5, 0.6) is 5.75 Å².